The van der Waals surface area contributed by atoms with Gasteiger partial charge in [-0.25, -0.2) is 9.86 Å². The Balaban J connectivity index is 2.22. The minimum Gasteiger partial charge on any atom is -0.216 e. The minimum absolute atomic E-state index is 0.414. The number of nitrogens with two attached hydrogens (primary N) is 1. The molecule has 1 aliphatic rings. The second-order valence-corrected chi connectivity index (χ2v) is 5.67. The monoisotopic (exact) mass is 210 g/mol. The zero-order valence-electron chi connectivity index (χ0n) is 6.82. The van der Waals surface area contributed by atoms with E-state index >= 15 is 0 Å². The average molecular weight is 210 g/mol. The van der Waals surface area contributed by atoms with Crippen LogP contribution in [-0.2, 0) is 10.2 Å². The predicted molar refractivity (Wildman–Crippen MR) is 51.2 cm³/mol. The van der Waals surface area contributed by atoms with E-state index in [4.69, 9.17) is 5.14 Å². The van der Waals surface area contributed by atoms with Gasteiger partial charge in [0.05, 0.1) is 0 Å². The van der Waals surface area contributed by atoms with E-state index in [9.17, 15) is 8.42 Å². The average Bonchev–Trinajstić information content (AvgIpc) is 2.02. The zero-order chi connectivity index (χ0) is 9.03. The Labute approximate surface area is 77.5 Å². The van der Waals surface area contributed by atoms with Gasteiger partial charge in [0, 0.05) is 11.8 Å². The SMILES string of the molecule is NS(=O)(=O)NCC1CCCCS1. The number of thioether (sulfide) groups is 1. The van der Waals surface area contributed by atoms with Crippen molar-refractivity contribution in [2.24, 2.45) is 5.14 Å². The Bertz CT molecular complexity index is 222. The fourth-order valence-electron chi connectivity index (χ4n) is 1.18. The molecule has 0 aromatic heterocycles. The highest BCUT2D eigenvalue weighted by Gasteiger charge is 2.15. The lowest BCUT2D eigenvalue weighted by atomic mass is 10.2. The molecule has 0 aromatic rings. The van der Waals surface area contributed by atoms with Crippen LogP contribution in [0.4, 0.5) is 0 Å². The first-order valence-electron chi connectivity index (χ1n) is 3.97. The first-order valence-corrected chi connectivity index (χ1v) is 6.56. The molecule has 0 radical (unpaired) electrons. The van der Waals surface area contributed by atoms with Crippen LogP contribution >= 0.6 is 11.8 Å². The lowest BCUT2D eigenvalue weighted by molar-refractivity contribution is 0.575. The third kappa shape index (κ3) is 4.30. The molecule has 0 spiro atoms. The second-order valence-electron chi connectivity index (χ2n) is 2.88. The molecule has 6 heteroatoms. The largest absolute Gasteiger partial charge is 0.274 e. The molecule has 1 unspecified atom stereocenters. The number of hydrogen-bond donors (Lipinski definition) is 2. The van der Waals surface area contributed by atoms with Crippen molar-refractivity contribution in [3.8, 4) is 0 Å². The predicted octanol–water partition coefficient (Wildman–Crippen LogP) is 0.0652. The summed E-state index contributed by atoms with van der Waals surface area (Å²) >= 11 is 1.82. The van der Waals surface area contributed by atoms with Crippen molar-refractivity contribution in [3.05, 3.63) is 0 Å². The smallest absolute Gasteiger partial charge is 0.216 e. The van der Waals surface area contributed by atoms with E-state index in [2.05, 4.69) is 4.72 Å². The van der Waals surface area contributed by atoms with Crippen molar-refractivity contribution in [2.45, 2.75) is 24.5 Å². The highest BCUT2D eigenvalue weighted by Crippen LogP contribution is 2.24. The van der Waals surface area contributed by atoms with Gasteiger partial charge in [0.2, 0.25) is 0 Å². The van der Waals surface area contributed by atoms with Crippen LogP contribution in [0.5, 0.6) is 0 Å². The molecule has 1 fully saturated rings. The fraction of sp³-hybridized carbons (Fsp3) is 1.00. The van der Waals surface area contributed by atoms with Gasteiger partial charge >= 0.3 is 0 Å². The van der Waals surface area contributed by atoms with E-state index in [0.29, 0.717) is 11.8 Å². The molecule has 0 aromatic carbocycles. The lowest BCUT2D eigenvalue weighted by Gasteiger charge is -2.20. The summed E-state index contributed by atoms with van der Waals surface area (Å²) in [7, 11) is -3.49. The van der Waals surface area contributed by atoms with Gasteiger partial charge in [0.25, 0.3) is 10.2 Å². The summed E-state index contributed by atoms with van der Waals surface area (Å²) in [6, 6.07) is 0. The quantitative estimate of drug-likeness (QED) is 0.692. The van der Waals surface area contributed by atoms with E-state index in [1.165, 1.54) is 12.8 Å². The highest BCUT2D eigenvalue weighted by molar-refractivity contribution is 8.00. The van der Waals surface area contributed by atoms with Gasteiger partial charge in [-0.3, -0.25) is 0 Å². The topological polar surface area (TPSA) is 72.2 Å². The van der Waals surface area contributed by atoms with Gasteiger partial charge in [0.1, 0.15) is 0 Å². The van der Waals surface area contributed by atoms with Crippen LogP contribution in [0.2, 0.25) is 0 Å². The van der Waals surface area contributed by atoms with Gasteiger partial charge in [-0.1, -0.05) is 6.42 Å². The van der Waals surface area contributed by atoms with Crippen LogP contribution < -0.4 is 9.86 Å². The molecule has 12 heavy (non-hydrogen) atoms. The maximum Gasteiger partial charge on any atom is 0.274 e. The molecule has 1 heterocycles. The first-order chi connectivity index (χ1) is 5.58. The van der Waals surface area contributed by atoms with E-state index in [1.807, 2.05) is 11.8 Å². The van der Waals surface area contributed by atoms with Crippen LogP contribution in [0.3, 0.4) is 0 Å². The Hall–Kier alpha value is 0.220. The molecule has 1 aliphatic heterocycles. The molecule has 0 bridgehead atoms. The van der Waals surface area contributed by atoms with Gasteiger partial charge in [0.15, 0.2) is 0 Å². The molecule has 0 amide bonds. The van der Waals surface area contributed by atoms with Crippen LogP contribution in [0.15, 0.2) is 0 Å². The number of nitrogens with one attached hydrogen (secondary N) is 1. The molecular weight excluding hydrogens is 196 g/mol. The molecule has 0 saturated carbocycles. The Morgan fingerprint density at radius 1 is 1.50 bits per heavy atom. The summed E-state index contributed by atoms with van der Waals surface area (Å²) in [4.78, 5) is 0. The van der Waals surface area contributed by atoms with Crippen molar-refractivity contribution in [1.82, 2.24) is 4.72 Å². The Morgan fingerprint density at radius 3 is 2.75 bits per heavy atom. The van der Waals surface area contributed by atoms with Gasteiger partial charge in [-0.2, -0.15) is 20.2 Å². The lowest BCUT2D eigenvalue weighted by Crippen LogP contribution is -2.36. The molecule has 0 aliphatic carbocycles. The van der Waals surface area contributed by atoms with E-state index in [-0.39, 0.29) is 0 Å². The summed E-state index contributed by atoms with van der Waals surface area (Å²) in [5.41, 5.74) is 0. The molecule has 72 valence electrons. The Kier molecular flexibility index (Phi) is 3.82. The normalized spacial score (nSPS) is 25.6. The van der Waals surface area contributed by atoms with E-state index in [1.54, 1.807) is 0 Å². The van der Waals surface area contributed by atoms with Gasteiger partial charge in [-0.15, -0.1) is 0 Å². The van der Waals surface area contributed by atoms with Crippen molar-refractivity contribution in [2.75, 3.05) is 12.3 Å². The summed E-state index contributed by atoms with van der Waals surface area (Å²) in [6.07, 6.45) is 3.54. The van der Waals surface area contributed by atoms with Crippen molar-refractivity contribution < 1.29 is 8.42 Å². The van der Waals surface area contributed by atoms with Gasteiger partial charge < -0.3 is 0 Å². The zero-order valence-corrected chi connectivity index (χ0v) is 8.46. The van der Waals surface area contributed by atoms with E-state index < -0.39 is 10.2 Å². The summed E-state index contributed by atoms with van der Waals surface area (Å²) in [5, 5.41) is 5.22. The summed E-state index contributed by atoms with van der Waals surface area (Å²) < 4.78 is 23.4. The minimum atomic E-state index is -3.49. The number of rotatable bonds is 3. The van der Waals surface area contributed by atoms with Crippen LogP contribution in [0.1, 0.15) is 19.3 Å². The molecule has 4 nitrogen and oxygen atoms in total. The van der Waals surface area contributed by atoms with Crippen LogP contribution in [0, 0.1) is 0 Å². The summed E-state index contributed by atoms with van der Waals surface area (Å²) in [6.45, 7) is 0.476. The maximum absolute atomic E-state index is 10.5. The Morgan fingerprint density at radius 2 is 2.25 bits per heavy atom. The van der Waals surface area contributed by atoms with Gasteiger partial charge in [-0.05, 0) is 18.6 Å². The number of hydrogen-bond acceptors (Lipinski definition) is 3. The highest BCUT2D eigenvalue weighted by atomic mass is 32.2. The molecular formula is C6H14N2O2S2. The third-order valence-corrected chi connectivity index (χ3v) is 3.75. The van der Waals surface area contributed by atoms with Crippen molar-refractivity contribution in [1.29, 1.82) is 0 Å². The first kappa shape index (κ1) is 10.3. The van der Waals surface area contributed by atoms with Crippen molar-refractivity contribution >= 4 is 22.0 Å². The molecule has 1 saturated heterocycles. The summed E-state index contributed by atoms with van der Waals surface area (Å²) in [5.74, 6) is 1.14. The van der Waals surface area contributed by atoms with Crippen LogP contribution in [0.25, 0.3) is 0 Å². The molecule has 3 N–H and O–H groups in total. The third-order valence-electron chi connectivity index (χ3n) is 1.79. The maximum atomic E-state index is 10.5. The fourth-order valence-corrected chi connectivity index (χ4v) is 2.96. The van der Waals surface area contributed by atoms with Crippen LogP contribution in [-0.4, -0.2) is 26.0 Å². The molecule has 1 atom stereocenters. The van der Waals surface area contributed by atoms with E-state index in [0.717, 1.165) is 12.2 Å². The van der Waals surface area contributed by atoms with Crippen molar-refractivity contribution in [3.63, 3.8) is 0 Å². The standard InChI is InChI=1S/C6H14N2O2S2/c7-12(9,10)8-5-6-3-1-2-4-11-6/h6,8H,1-5H2,(H2,7,9,10). The molecule has 1 rings (SSSR count). The second kappa shape index (κ2) is 4.45.